The molecule has 8 heteroatoms. The molecular weight excluding hydrogens is 338 g/mol. The van der Waals surface area contributed by atoms with E-state index < -0.39 is 5.97 Å². The zero-order valence-corrected chi connectivity index (χ0v) is 15.6. The Morgan fingerprint density at radius 2 is 2.04 bits per heavy atom. The lowest BCUT2D eigenvalue weighted by Crippen LogP contribution is -2.18. The molecule has 0 saturated heterocycles. The molecule has 0 aromatic carbocycles. The molecule has 0 radical (unpaired) electrons. The van der Waals surface area contributed by atoms with E-state index in [1.165, 1.54) is 31.0 Å². The molecule has 1 fully saturated rings. The summed E-state index contributed by atoms with van der Waals surface area (Å²) >= 11 is 1.27. The highest BCUT2D eigenvalue weighted by atomic mass is 32.2. The number of carboxylic acids is 1. The van der Waals surface area contributed by atoms with Crippen LogP contribution < -0.4 is 0 Å². The molecule has 0 amide bonds. The molecule has 0 unspecified atom stereocenters. The zero-order chi connectivity index (χ0) is 17.8. The number of hydrogen-bond donors (Lipinski definition) is 1. The Hall–Kier alpha value is -1.83. The van der Waals surface area contributed by atoms with Gasteiger partial charge in [-0.2, -0.15) is 5.10 Å². The van der Waals surface area contributed by atoms with E-state index in [-0.39, 0.29) is 5.75 Å². The lowest BCUT2D eigenvalue weighted by Gasteiger charge is -2.25. The van der Waals surface area contributed by atoms with Crippen LogP contribution in [0.1, 0.15) is 55.4 Å². The van der Waals surface area contributed by atoms with Crippen LogP contribution in [0, 0.1) is 13.8 Å². The summed E-state index contributed by atoms with van der Waals surface area (Å²) in [6.45, 7) is 4.81. The summed E-state index contributed by atoms with van der Waals surface area (Å²) < 4.78 is 4.19. The van der Waals surface area contributed by atoms with Gasteiger partial charge in [-0.3, -0.25) is 9.48 Å². The fourth-order valence-corrected chi connectivity index (χ4v) is 4.26. The Morgan fingerprint density at radius 3 is 2.68 bits per heavy atom. The molecule has 7 nitrogen and oxygen atoms in total. The molecule has 2 heterocycles. The third-order valence-corrected chi connectivity index (χ3v) is 5.58. The van der Waals surface area contributed by atoms with E-state index in [1.54, 1.807) is 0 Å². The average Bonchev–Trinajstić information content (AvgIpc) is 3.14. The van der Waals surface area contributed by atoms with E-state index in [9.17, 15) is 4.79 Å². The standard InChI is InChI=1S/C17H25N5O2S/c1-12-10-13(2)21(20-12)9-8-15-18-19-17(25-11-16(23)24)22(15)14-6-4-3-5-7-14/h10,14H,3-9,11H2,1-2H3,(H,23,24). The van der Waals surface area contributed by atoms with Crippen LogP contribution >= 0.6 is 11.8 Å². The number of carboxylic acid groups (broad SMARTS) is 1. The van der Waals surface area contributed by atoms with Crippen LogP contribution in [-0.2, 0) is 17.8 Å². The number of nitrogens with zero attached hydrogens (tertiary/aromatic N) is 5. The van der Waals surface area contributed by atoms with Crippen LogP contribution in [-0.4, -0.2) is 41.4 Å². The van der Waals surface area contributed by atoms with Gasteiger partial charge in [0.1, 0.15) is 5.82 Å². The van der Waals surface area contributed by atoms with Gasteiger partial charge in [0.2, 0.25) is 0 Å². The summed E-state index contributed by atoms with van der Waals surface area (Å²) in [6.07, 6.45) is 6.68. The smallest absolute Gasteiger partial charge is 0.313 e. The fraction of sp³-hybridized carbons (Fsp3) is 0.647. The topological polar surface area (TPSA) is 85.8 Å². The number of thioether (sulfide) groups is 1. The maximum absolute atomic E-state index is 10.9. The minimum absolute atomic E-state index is 0.0162. The van der Waals surface area contributed by atoms with Crippen LogP contribution in [0.3, 0.4) is 0 Å². The number of aryl methyl sites for hydroxylation is 4. The van der Waals surface area contributed by atoms with Crippen molar-refractivity contribution in [2.75, 3.05) is 5.75 Å². The predicted molar refractivity (Wildman–Crippen MR) is 95.9 cm³/mol. The molecule has 1 aliphatic rings. The molecule has 1 saturated carbocycles. The van der Waals surface area contributed by atoms with Crippen LogP contribution in [0.2, 0.25) is 0 Å². The zero-order valence-electron chi connectivity index (χ0n) is 14.8. The molecular formula is C17H25N5O2S. The normalized spacial score (nSPS) is 15.6. The summed E-state index contributed by atoms with van der Waals surface area (Å²) in [5.74, 6) is 0.127. The Morgan fingerprint density at radius 1 is 1.28 bits per heavy atom. The molecule has 3 rings (SSSR count). The van der Waals surface area contributed by atoms with Crippen LogP contribution in [0.4, 0.5) is 0 Å². The fourth-order valence-electron chi connectivity index (χ4n) is 3.52. The van der Waals surface area contributed by atoms with Crippen molar-refractivity contribution in [2.24, 2.45) is 0 Å². The van der Waals surface area contributed by atoms with Gasteiger partial charge in [0, 0.05) is 24.7 Å². The van der Waals surface area contributed by atoms with Gasteiger partial charge < -0.3 is 9.67 Å². The number of aromatic nitrogens is 5. The third kappa shape index (κ3) is 4.42. The summed E-state index contributed by atoms with van der Waals surface area (Å²) in [5.41, 5.74) is 2.16. The van der Waals surface area contributed by atoms with Gasteiger partial charge >= 0.3 is 5.97 Å². The van der Waals surface area contributed by atoms with Gasteiger partial charge in [0.25, 0.3) is 0 Å². The van der Waals surface area contributed by atoms with E-state index in [4.69, 9.17) is 5.11 Å². The SMILES string of the molecule is Cc1cc(C)n(CCc2nnc(SCC(=O)O)n2C2CCCCC2)n1. The highest BCUT2D eigenvalue weighted by Gasteiger charge is 2.23. The van der Waals surface area contributed by atoms with Gasteiger partial charge in [-0.05, 0) is 32.8 Å². The summed E-state index contributed by atoms with van der Waals surface area (Å²) in [4.78, 5) is 10.9. The molecule has 0 spiro atoms. The molecule has 0 bridgehead atoms. The van der Waals surface area contributed by atoms with Crippen molar-refractivity contribution in [1.29, 1.82) is 0 Å². The largest absolute Gasteiger partial charge is 0.481 e. The van der Waals surface area contributed by atoms with E-state index in [1.807, 2.05) is 11.6 Å². The Bertz CT molecular complexity index is 733. The van der Waals surface area contributed by atoms with Gasteiger partial charge in [-0.15, -0.1) is 10.2 Å². The first-order valence-electron chi connectivity index (χ1n) is 8.84. The number of carbonyl (C=O) groups is 1. The van der Waals surface area contributed by atoms with Crippen molar-refractivity contribution in [1.82, 2.24) is 24.5 Å². The lowest BCUT2D eigenvalue weighted by molar-refractivity contribution is -0.133. The van der Waals surface area contributed by atoms with Crippen molar-refractivity contribution in [2.45, 2.75) is 70.1 Å². The summed E-state index contributed by atoms with van der Waals surface area (Å²) in [6, 6.07) is 2.45. The second-order valence-corrected chi connectivity index (χ2v) is 7.59. The summed E-state index contributed by atoms with van der Waals surface area (Å²) in [5, 5.41) is 22.9. The van der Waals surface area contributed by atoms with Crippen molar-refractivity contribution in [3.8, 4) is 0 Å². The van der Waals surface area contributed by atoms with Crippen LogP contribution in [0.15, 0.2) is 11.2 Å². The predicted octanol–water partition coefficient (Wildman–Crippen LogP) is 3.02. The van der Waals surface area contributed by atoms with E-state index >= 15 is 0 Å². The van der Waals surface area contributed by atoms with Gasteiger partial charge in [-0.25, -0.2) is 0 Å². The second kappa shape index (κ2) is 8.03. The average molecular weight is 363 g/mol. The first kappa shape index (κ1) is 18.0. The van der Waals surface area contributed by atoms with Gasteiger partial charge in [0.15, 0.2) is 5.16 Å². The van der Waals surface area contributed by atoms with Crippen molar-refractivity contribution >= 4 is 17.7 Å². The highest BCUT2D eigenvalue weighted by Crippen LogP contribution is 2.32. The molecule has 0 atom stereocenters. The van der Waals surface area contributed by atoms with Crippen molar-refractivity contribution in [3.05, 3.63) is 23.3 Å². The Kier molecular flexibility index (Phi) is 5.78. The Balaban J connectivity index is 1.79. The second-order valence-electron chi connectivity index (χ2n) is 6.64. The first-order chi connectivity index (χ1) is 12.0. The molecule has 1 N–H and O–H groups in total. The Labute approximate surface area is 151 Å². The van der Waals surface area contributed by atoms with Gasteiger partial charge in [-0.1, -0.05) is 31.0 Å². The molecule has 2 aromatic heterocycles. The number of rotatable bonds is 7. The lowest BCUT2D eigenvalue weighted by atomic mass is 9.95. The maximum atomic E-state index is 10.9. The summed E-state index contributed by atoms with van der Waals surface area (Å²) in [7, 11) is 0. The van der Waals surface area contributed by atoms with E-state index in [0.717, 1.165) is 48.2 Å². The highest BCUT2D eigenvalue weighted by molar-refractivity contribution is 7.99. The number of aliphatic carboxylic acids is 1. The number of hydrogen-bond acceptors (Lipinski definition) is 5. The minimum Gasteiger partial charge on any atom is -0.481 e. The first-order valence-corrected chi connectivity index (χ1v) is 9.82. The molecule has 136 valence electrons. The monoisotopic (exact) mass is 363 g/mol. The third-order valence-electron chi connectivity index (χ3n) is 4.65. The van der Waals surface area contributed by atoms with Crippen molar-refractivity contribution in [3.63, 3.8) is 0 Å². The van der Waals surface area contributed by atoms with Crippen LogP contribution in [0.5, 0.6) is 0 Å². The van der Waals surface area contributed by atoms with Crippen molar-refractivity contribution < 1.29 is 9.90 Å². The minimum atomic E-state index is -0.826. The molecule has 0 aliphatic heterocycles. The van der Waals surface area contributed by atoms with E-state index in [2.05, 4.69) is 32.9 Å². The molecule has 2 aromatic rings. The quantitative estimate of drug-likeness (QED) is 0.761. The van der Waals surface area contributed by atoms with E-state index in [0.29, 0.717) is 6.04 Å². The van der Waals surface area contributed by atoms with Gasteiger partial charge in [0.05, 0.1) is 11.4 Å². The molecule has 1 aliphatic carbocycles. The maximum Gasteiger partial charge on any atom is 0.313 e. The van der Waals surface area contributed by atoms with Crippen LogP contribution in [0.25, 0.3) is 0 Å². The molecule has 25 heavy (non-hydrogen) atoms.